The molecular formula is C78H51BN4. The number of aromatic nitrogens is 2. The van der Waals surface area contributed by atoms with E-state index in [1.54, 1.807) is 0 Å². The normalized spacial score (nSPS) is 12.5. The summed E-state index contributed by atoms with van der Waals surface area (Å²) in [6.07, 6.45) is 0. The quantitative estimate of drug-likeness (QED) is 0.141. The van der Waals surface area contributed by atoms with Crippen molar-refractivity contribution < 1.29 is 0 Å². The van der Waals surface area contributed by atoms with Gasteiger partial charge in [0.15, 0.2) is 0 Å². The molecule has 5 heteroatoms. The van der Waals surface area contributed by atoms with E-state index >= 15 is 0 Å². The van der Waals surface area contributed by atoms with Crippen molar-refractivity contribution in [1.29, 1.82) is 0 Å². The van der Waals surface area contributed by atoms with Gasteiger partial charge in [0.2, 0.25) is 0 Å². The molecule has 0 saturated heterocycles. The number of anilines is 6. The van der Waals surface area contributed by atoms with Crippen LogP contribution in [0.1, 0.15) is 0 Å². The molecule has 83 heavy (non-hydrogen) atoms. The van der Waals surface area contributed by atoms with E-state index in [2.05, 4.69) is 328 Å². The number of rotatable bonds is 8. The lowest BCUT2D eigenvalue weighted by molar-refractivity contribution is 1.17. The average Bonchev–Trinajstić information content (AvgIpc) is 1.55. The van der Waals surface area contributed by atoms with E-state index in [1.165, 1.54) is 82.3 Å². The molecule has 0 N–H and O–H groups in total. The van der Waals surface area contributed by atoms with Crippen LogP contribution in [-0.2, 0) is 0 Å². The number of para-hydroxylation sites is 4. The van der Waals surface area contributed by atoms with Gasteiger partial charge in [0.1, 0.15) is 0 Å². The van der Waals surface area contributed by atoms with Crippen LogP contribution in [0.25, 0.3) is 99.5 Å². The highest BCUT2D eigenvalue weighted by Gasteiger charge is 2.44. The van der Waals surface area contributed by atoms with E-state index < -0.39 is 0 Å². The van der Waals surface area contributed by atoms with Gasteiger partial charge in [-0.25, -0.2) is 0 Å². The zero-order chi connectivity index (χ0) is 54.5. The predicted octanol–water partition coefficient (Wildman–Crippen LogP) is 18.6. The standard InChI is InChI=1S/C78H51BN4/c1-5-22-52(23-6-1)56-44-57(53-24-7-2-8-25-53)47-62(46-56)82-74-42-40-60(80-70-34-17-13-30-64(70)65-31-14-18-35-71(65)80)50-68(74)79-69-51-61(81-72-36-19-15-32-66(72)67-33-16-20-37-73(67)81)41-43-75(69)83(77-39-21-38-76(82)78(77)79)63-48-58(54-26-9-3-10-27-54)45-59(49-63)55-28-11-4-12-29-55/h1-51H. The monoisotopic (exact) mass is 1050 g/mol. The summed E-state index contributed by atoms with van der Waals surface area (Å²) in [6.45, 7) is -0.184. The summed E-state index contributed by atoms with van der Waals surface area (Å²) in [4.78, 5) is 5.13. The number of fused-ring (bicyclic) bond motifs is 10. The van der Waals surface area contributed by atoms with Crippen molar-refractivity contribution in [3.05, 3.63) is 309 Å². The highest BCUT2D eigenvalue weighted by molar-refractivity contribution is 7.00. The van der Waals surface area contributed by atoms with E-state index in [4.69, 9.17) is 0 Å². The Morgan fingerprint density at radius 2 is 0.506 bits per heavy atom. The zero-order valence-corrected chi connectivity index (χ0v) is 45.3. The molecule has 0 fully saturated rings. The summed E-state index contributed by atoms with van der Waals surface area (Å²) in [7, 11) is 0. The summed E-state index contributed by atoms with van der Waals surface area (Å²) in [5.41, 5.74) is 26.8. The Morgan fingerprint density at radius 1 is 0.205 bits per heavy atom. The molecule has 386 valence electrons. The molecule has 13 aromatic carbocycles. The van der Waals surface area contributed by atoms with E-state index in [0.717, 1.165) is 67.8 Å². The lowest BCUT2D eigenvalue weighted by Crippen LogP contribution is -2.61. The Labute approximate surface area is 482 Å². The summed E-state index contributed by atoms with van der Waals surface area (Å²) in [5, 5.41) is 4.96. The van der Waals surface area contributed by atoms with Crippen LogP contribution in [0, 0.1) is 0 Å². The molecule has 0 amide bonds. The van der Waals surface area contributed by atoms with Gasteiger partial charge in [0.25, 0.3) is 6.71 Å². The van der Waals surface area contributed by atoms with Crippen molar-refractivity contribution in [2.24, 2.45) is 0 Å². The topological polar surface area (TPSA) is 16.3 Å². The second-order valence-corrected chi connectivity index (χ2v) is 22.0. The summed E-state index contributed by atoms with van der Waals surface area (Å²) in [6, 6.07) is 115. The van der Waals surface area contributed by atoms with Gasteiger partial charge in [0, 0.05) is 67.0 Å². The molecule has 2 aliphatic rings. The summed E-state index contributed by atoms with van der Waals surface area (Å²) >= 11 is 0. The molecule has 0 atom stereocenters. The van der Waals surface area contributed by atoms with Crippen molar-refractivity contribution in [3.8, 4) is 55.9 Å². The molecule has 17 rings (SSSR count). The minimum atomic E-state index is -0.184. The van der Waals surface area contributed by atoms with E-state index in [1.807, 2.05) is 0 Å². The largest absolute Gasteiger partial charge is 0.311 e. The second-order valence-electron chi connectivity index (χ2n) is 22.0. The van der Waals surface area contributed by atoms with Crippen molar-refractivity contribution in [2.45, 2.75) is 0 Å². The molecule has 2 aliphatic heterocycles. The fourth-order valence-electron chi connectivity index (χ4n) is 13.8. The predicted molar refractivity (Wildman–Crippen MR) is 351 cm³/mol. The maximum absolute atomic E-state index is 2.56. The lowest BCUT2D eigenvalue weighted by Gasteiger charge is -2.44. The molecular weight excluding hydrogens is 1000 g/mol. The third kappa shape index (κ3) is 7.48. The van der Waals surface area contributed by atoms with E-state index in [-0.39, 0.29) is 6.71 Å². The second kappa shape index (κ2) is 18.9. The van der Waals surface area contributed by atoms with Crippen LogP contribution in [0.3, 0.4) is 0 Å². The maximum atomic E-state index is 2.56. The van der Waals surface area contributed by atoms with Gasteiger partial charge >= 0.3 is 0 Å². The van der Waals surface area contributed by atoms with Crippen molar-refractivity contribution in [3.63, 3.8) is 0 Å². The molecule has 2 aromatic heterocycles. The lowest BCUT2D eigenvalue weighted by atomic mass is 9.33. The highest BCUT2D eigenvalue weighted by atomic mass is 15.2. The van der Waals surface area contributed by atoms with Gasteiger partial charge in [-0.1, -0.05) is 200 Å². The SMILES string of the molecule is c1ccc(-c2cc(-c3ccccc3)cc(N3c4ccc(-n5c6ccccc6c6ccccc65)cc4B4c5cc(-n6c7ccccc7c7ccccc76)ccc5N(c5cc(-c6ccccc6)cc(-c6ccccc6)c5)c5cccc3c54)c2)cc1. The van der Waals surface area contributed by atoms with Crippen LogP contribution in [0.4, 0.5) is 34.1 Å². The van der Waals surface area contributed by atoms with Crippen LogP contribution in [-0.4, -0.2) is 15.8 Å². The minimum Gasteiger partial charge on any atom is -0.311 e. The van der Waals surface area contributed by atoms with Crippen molar-refractivity contribution in [1.82, 2.24) is 9.13 Å². The fourth-order valence-corrected chi connectivity index (χ4v) is 13.8. The van der Waals surface area contributed by atoms with Gasteiger partial charge in [0.05, 0.1) is 22.1 Å². The van der Waals surface area contributed by atoms with Crippen LogP contribution >= 0.6 is 0 Å². The first kappa shape index (κ1) is 47.0. The number of benzene rings is 13. The first-order valence-corrected chi connectivity index (χ1v) is 28.7. The van der Waals surface area contributed by atoms with Gasteiger partial charge < -0.3 is 18.9 Å². The molecule has 0 unspecified atom stereocenters. The Hall–Kier alpha value is -10.9. The maximum Gasteiger partial charge on any atom is 0.252 e. The van der Waals surface area contributed by atoms with Gasteiger partial charge in [-0.05, 0) is 170 Å². The van der Waals surface area contributed by atoms with Gasteiger partial charge in [-0.15, -0.1) is 0 Å². The Bertz CT molecular complexity index is 4510. The van der Waals surface area contributed by atoms with Gasteiger partial charge in [-0.2, -0.15) is 0 Å². The van der Waals surface area contributed by atoms with Crippen molar-refractivity contribution >= 4 is 101 Å². The van der Waals surface area contributed by atoms with E-state index in [0.29, 0.717) is 0 Å². The summed E-state index contributed by atoms with van der Waals surface area (Å²) in [5.74, 6) is 0. The van der Waals surface area contributed by atoms with Gasteiger partial charge in [-0.3, -0.25) is 0 Å². The first-order chi connectivity index (χ1) is 41.2. The third-order valence-electron chi connectivity index (χ3n) is 17.4. The molecule has 0 bridgehead atoms. The Balaban J connectivity index is 0.989. The Morgan fingerprint density at radius 3 is 0.831 bits per heavy atom. The molecule has 4 nitrogen and oxygen atoms in total. The molecule has 0 radical (unpaired) electrons. The average molecular weight is 1060 g/mol. The van der Waals surface area contributed by atoms with E-state index in [9.17, 15) is 0 Å². The number of nitrogens with zero attached hydrogens (tertiary/aromatic N) is 4. The first-order valence-electron chi connectivity index (χ1n) is 28.7. The van der Waals surface area contributed by atoms with Crippen LogP contribution in [0.5, 0.6) is 0 Å². The minimum absolute atomic E-state index is 0.184. The smallest absolute Gasteiger partial charge is 0.252 e. The zero-order valence-electron chi connectivity index (χ0n) is 45.3. The number of hydrogen-bond acceptors (Lipinski definition) is 2. The molecule has 0 spiro atoms. The molecule has 4 heterocycles. The highest BCUT2D eigenvalue weighted by Crippen LogP contribution is 2.48. The van der Waals surface area contributed by atoms with Crippen LogP contribution < -0.4 is 26.2 Å². The third-order valence-corrected chi connectivity index (χ3v) is 17.4. The summed E-state index contributed by atoms with van der Waals surface area (Å²) < 4.78 is 4.95. The Kier molecular flexibility index (Phi) is 10.7. The van der Waals surface area contributed by atoms with Crippen LogP contribution in [0.15, 0.2) is 309 Å². The molecule has 0 saturated carbocycles. The fraction of sp³-hybridized carbons (Fsp3) is 0. The molecule has 15 aromatic rings. The van der Waals surface area contributed by atoms with Crippen LogP contribution in [0.2, 0.25) is 0 Å². The molecule has 0 aliphatic carbocycles. The number of hydrogen-bond donors (Lipinski definition) is 0. The van der Waals surface area contributed by atoms with Crippen molar-refractivity contribution in [2.75, 3.05) is 9.80 Å².